The SMILES string of the molecule is CC(O)c1ccn(S(=O)(=O)c2ccccc2)c1C(C)O. The van der Waals surface area contributed by atoms with Crippen LogP contribution in [0.25, 0.3) is 0 Å². The van der Waals surface area contributed by atoms with Crippen LogP contribution in [0.15, 0.2) is 47.5 Å². The summed E-state index contributed by atoms with van der Waals surface area (Å²) in [7, 11) is -3.78. The van der Waals surface area contributed by atoms with Gasteiger partial charge in [-0.2, -0.15) is 0 Å². The van der Waals surface area contributed by atoms with Crippen LogP contribution in [-0.4, -0.2) is 22.6 Å². The van der Waals surface area contributed by atoms with Crippen LogP contribution in [0.2, 0.25) is 0 Å². The molecule has 6 heteroatoms. The van der Waals surface area contributed by atoms with E-state index in [1.165, 1.54) is 38.2 Å². The van der Waals surface area contributed by atoms with Gasteiger partial charge in [-0.3, -0.25) is 0 Å². The topological polar surface area (TPSA) is 79.5 Å². The second-order valence-corrected chi connectivity index (χ2v) is 6.44. The summed E-state index contributed by atoms with van der Waals surface area (Å²) >= 11 is 0. The maximum absolute atomic E-state index is 12.6. The van der Waals surface area contributed by atoms with E-state index in [9.17, 15) is 18.6 Å². The summed E-state index contributed by atoms with van der Waals surface area (Å²) in [6.07, 6.45) is -0.508. The third kappa shape index (κ3) is 2.49. The van der Waals surface area contributed by atoms with Crippen LogP contribution in [0.4, 0.5) is 0 Å². The van der Waals surface area contributed by atoms with Crippen molar-refractivity contribution in [2.75, 3.05) is 0 Å². The van der Waals surface area contributed by atoms with Gasteiger partial charge in [0.2, 0.25) is 0 Å². The largest absolute Gasteiger partial charge is 0.389 e. The molecule has 0 aliphatic rings. The van der Waals surface area contributed by atoms with Crippen LogP contribution >= 0.6 is 0 Å². The van der Waals surface area contributed by atoms with E-state index in [0.717, 1.165) is 3.97 Å². The van der Waals surface area contributed by atoms with Crippen molar-refractivity contribution in [3.63, 3.8) is 0 Å². The number of hydrogen-bond acceptors (Lipinski definition) is 4. The molecule has 1 aromatic carbocycles. The van der Waals surface area contributed by atoms with E-state index >= 15 is 0 Å². The van der Waals surface area contributed by atoms with E-state index in [-0.39, 0.29) is 10.6 Å². The lowest BCUT2D eigenvalue weighted by molar-refractivity contribution is 0.172. The lowest BCUT2D eigenvalue weighted by Crippen LogP contribution is -2.17. The van der Waals surface area contributed by atoms with Crippen molar-refractivity contribution < 1.29 is 18.6 Å². The van der Waals surface area contributed by atoms with Crippen LogP contribution in [-0.2, 0) is 10.0 Å². The van der Waals surface area contributed by atoms with Gasteiger partial charge in [0.05, 0.1) is 22.8 Å². The fourth-order valence-electron chi connectivity index (χ4n) is 2.14. The van der Waals surface area contributed by atoms with E-state index in [1.54, 1.807) is 18.2 Å². The molecule has 1 aromatic heterocycles. The van der Waals surface area contributed by atoms with Gasteiger partial charge in [0.1, 0.15) is 0 Å². The summed E-state index contributed by atoms with van der Waals surface area (Å²) in [4.78, 5) is 0.134. The second kappa shape index (κ2) is 5.40. The molecule has 0 fully saturated rings. The van der Waals surface area contributed by atoms with Gasteiger partial charge in [0.25, 0.3) is 10.0 Å². The molecule has 5 nitrogen and oxygen atoms in total. The summed E-state index contributed by atoms with van der Waals surface area (Å²) in [5, 5.41) is 19.5. The Kier molecular flexibility index (Phi) is 3.99. The Bertz CT molecular complexity index is 687. The zero-order valence-corrected chi connectivity index (χ0v) is 12.1. The lowest BCUT2D eigenvalue weighted by atomic mass is 10.1. The molecule has 0 saturated carbocycles. The van der Waals surface area contributed by atoms with Crippen LogP contribution in [0.3, 0.4) is 0 Å². The first-order chi connectivity index (χ1) is 9.35. The molecule has 0 radical (unpaired) electrons. The Balaban J connectivity index is 2.65. The number of nitrogens with zero attached hydrogens (tertiary/aromatic N) is 1. The predicted octanol–water partition coefficient (Wildman–Crippen LogP) is 1.83. The maximum atomic E-state index is 12.6. The first kappa shape index (κ1) is 14.8. The van der Waals surface area contributed by atoms with Gasteiger partial charge >= 0.3 is 0 Å². The molecule has 0 aliphatic heterocycles. The average molecular weight is 295 g/mol. The quantitative estimate of drug-likeness (QED) is 0.902. The monoisotopic (exact) mass is 295 g/mol. The van der Waals surface area contributed by atoms with Gasteiger partial charge in [-0.05, 0) is 32.0 Å². The van der Waals surface area contributed by atoms with Gasteiger partial charge < -0.3 is 10.2 Å². The van der Waals surface area contributed by atoms with Crippen molar-refractivity contribution in [2.24, 2.45) is 0 Å². The Labute approximate surface area is 118 Å². The summed E-state index contributed by atoms with van der Waals surface area (Å²) in [5.41, 5.74) is 0.586. The highest BCUT2D eigenvalue weighted by Crippen LogP contribution is 2.28. The number of benzene rings is 1. The van der Waals surface area contributed by atoms with Gasteiger partial charge in [-0.15, -0.1) is 0 Å². The first-order valence-corrected chi connectivity index (χ1v) is 7.67. The van der Waals surface area contributed by atoms with Crippen molar-refractivity contribution in [3.05, 3.63) is 53.9 Å². The molecule has 2 rings (SSSR count). The molecule has 2 N–H and O–H groups in total. The number of aliphatic hydroxyl groups is 2. The summed E-state index contributed by atoms with van der Waals surface area (Å²) in [5.74, 6) is 0. The summed E-state index contributed by atoms with van der Waals surface area (Å²) in [6, 6.07) is 9.48. The van der Waals surface area contributed by atoms with E-state index in [2.05, 4.69) is 0 Å². The summed E-state index contributed by atoms with van der Waals surface area (Å²) in [6.45, 7) is 3.00. The normalized spacial score (nSPS) is 15.0. The van der Waals surface area contributed by atoms with Crippen molar-refractivity contribution in [2.45, 2.75) is 31.0 Å². The smallest absolute Gasteiger partial charge is 0.267 e. The fraction of sp³-hybridized carbons (Fsp3) is 0.286. The van der Waals surface area contributed by atoms with Crippen LogP contribution in [0.1, 0.15) is 37.3 Å². The van der Waals surface area contributed by atoms with Crippen molar-refractivity contribution in [1.82, 2.24) is 3.97 Å². The highest BCUT2D eigenvalue weighted by molar-refractivity contribution is 7.90. The molecule has 2 unspecified atom stereocenters. The number of aliphatic hydroxyl groups excluding tert-OH is 2. The molecule has 0 spiro atoms. The molecule has 2 atom stereocenters. The molecule has 20 heavy (non-hydrogen) atoms. The molecule has 108 valence electrons. The third-order valence-electron chi connectivity index (χ3n) is 3.07. The van der Waals surface area contributed by atoms with Gasteiger partial charge in [0, 0.05) is 11.8 Å². The zero-order chi connectivity index (χ0) is 14.9. The Hall–Kier alpha value is -1.63. The minimum absolute atomic E-state index is 0.134. The highest BCUT2D eigenvalue weighted by atomic mass is 32.2. The van der Waals surface area contributed by atoms with Crippen LogP contribution < -0.4 is 0 Å². The van der Waals surface area contributed by atoms with Crippen molar-refractivity contribution >= 4 is 10.0 Å². The number of aromatic nitrogens is 1. The van der Waals surface area contributed by atoms with Crippen LogP contribution in [0, 0.1) is 0 Å². The molecule has 0 aliphatic carbocycles. The molecule has 0 bridgehead atoms. The maximum Gasteiger partial charge on any atom is 0.267 e. The predicted molar refractivity (Wildman–Crippen MR) is 74.7 cm³/mol. The number of rotatable bonds is 4. The first-order valence-electron chi connectivity index (χ1n) is 6.23. The van der Waals surface area contributed by atoms with E-state index in [1.807, 2.05) is 0 Å². The van der Waals surface area contributed by atoms with E-state index < -0.39 is 22.2 Å². The highest BCUT2D eigenvalue weighted by Gasteiger charge is 2.25. The van der Waals surface area contributed by atoms with E-state index in [0.29, 0.717) is 5.56 Å². The second-order valence-electron chi connectivity index (χ2n) is 4.62. The number of hydrogen-bond donors (Lipinski definition) is 2. The minimum atomic E-state index is -3.78. The minimum Gasteiger partial charge on any atom is -0.389 e. The molecule has 0 amide bonds. The van der Waals surface area contributed by atoms with Gasteiger partial charge in [-0.25, -0.2) is 12.4 Å². The summed E-state index contributed by atoms with van der Waals surface area (Å²) < 4.78 is 26.2. The van der Waals surface area contributed by atoms with Gasteiger partial charge in [0.15, 0.2) is 0 Å². The van der Waals surface area contributed by atoms with Crippen molar-refractivity contribution in [1.29, 1.82) is 0 Å². The van der Waals surface area contributed by atoms with Crippen molar-refractivity contribution in [3.8, 4) is 0 Å². The molecular weight excluding hydrogens is 278 g/mol. The molecule has 1 heterocycles. The zero-order valence-electron chi connectivity index (χ0n) is 11.3. The average Bonchev–Trinajstić information content (AvgIpc) is 2.85. The Morgan fingerprint density at radius 3 is 2.10 bits per heavy atom. The molecule has 0 saturated heterocycles. The standard InChI is InChI=1S/C14H17NO4S/c1-10(16)13-8-9-15(14(13)11(2)17)20(18,19)12-6-4-3-5-7-12/h3-11,16-17H,1-2H3. The van der Waals surface area contributed by atoms with E-state index in [4.69, 9.17) is 0 Å². The fourth-order valence-corrected chi connectivity index (χ4v) is 3.60. The third-order valence-corrected chi connectivity index (χ3v) is 4.77. The van der Waals surface area contributed by atoms with Crippen LogP contribution in [0.5, 0.6) is 0 Å². The lowest BCUT2D eigenvalue weighted by Gasteiger charge is -2.15. The Morgan fingerprint density at radius 1 is 1.00 bits per heavy atom. The molecular formula is C14H17NO4S. The Morgan fingerprint density at radius 2 is 1.60 bits per heavy atom. The van der Waals surface area contributed by atoms with Gasteiger partial charge in [-0.1, -0.05) is 18.2 Å². The molecule has 2 aromatic rings.